The first kappa shape index (κ1) is 9.02. The van der Waals surface area contributed by atoms with E-state index in [1.165, 1.54) is 10.2 Å². The molecular formula is C10H11N5O. The summed E-state index contributed by atoms with van der Waals surface area (Å²) in [7, 11) is 0. The Morgan fingerprint density at radius 2 is 2.19 bits per heavy atom. The Kier molecular flexibility index (Phi) is 1.76. The van der Waals surface area contributed by atoms with E-state index in [2.05, 4.69) is 10.2 Å². The molecule has 6 heteroatoms. The van der Waals surface area contributed by atoms with Crippen molar-refractivity contribution in [3.05, 3.63) is 23.8 Å². The first-order valence-corrected chi connectivity index (χ1v) is 4.98. The number of nitrogen functional groups attached to an aromatic ring is 2. The Bertz CT molecular complexity index is 548. The van der Waals surface area contributed by atoms with Crippen LogP contribution in [0.15, 0.2) is 18.2 Å². The van der Waals surface area contributed by atoms with Gasteiger partial charge in [-0.15, -0.1) is 10.2 Å². The van der Waals surface area contributed by atoms with E-state index in [4.69, 9.17) is 16.3 Å². The summed E-state index contributed by atoms with van der Waals surface area (Å²) in [6.07, 6.45) is 0.914. The van der Waals surface area contributed by atoms with Crippen molar-refractivity contribution in [1.29, 1.82) is 0 Å². The monoisotopic (exact) mass is 217 g/mol. The van der Waals surface area contributed by atoms with Crippen molar-refractivity contribution in [1.82, 2.24) is 14.9 Å². The van der Waals surface area contributed by atoms with Crippen LogP contribution in [0.5, 0.6) is 5.75 Å². The van der Waals surface area contributed by atoms with Crippen LogP contribution in [-0.4, -0.2) is 21.5 Å². The Labute approximate surface area is 91.8 Å². The number of hydrogen-bond acceptors (Lipinski definition) is 5. The van der Waals surface area contributed by atoms with E-state index in [-0.39, 0.29) is 5.95 Å². The summed E-state index contributed by atoms with van der Waals surface area (Å²) in [6, 6.07) is 5.83. The molecule has 6 nitrogen and oxygen atoms in total. The highest BCUT2D eigenvalue weighted by molar-refractivity contribution is 5.61. The maximum atomic E-state index is 5.72. The van der Waals surface area contributed by atoms with E-state index >= 15 is 0 Å². The van der Waals surface area contributed by atoms with Gasteiger partial charge in [0.1, 0.15) is 5.75 Å². The number of rotatable bonds is 1. The minimum atomic E-state index is 0.201. The molecule has 2 aromatic rings. The summed E-state index contributed by atoms with van der Waals surface area (Å²) in [5.74, 6) is 7.41. The second-order valence-electron chi connectivity index (χ2n) is 3.67. The van der Waals surface area contributed by atoms with E-state index in [0.29, 0.717) is 5.82 Å². The summed E-state index contributed by atoms with van der Waals surface area (Å²) >= 11 is 0. The molecule has 4 N–H and O–H groups in total. The molecule has 0 aliphatic carbocycles. The van der Waals surface area contributed by atoms with Gasteiger partial charge in [0.05, 0.1) is 6.61 Å². The molecule has 3 rings (SSSR count). The molecule has 0 amide bonds. The summed E-state index contributed by atoms with van der Waals surface area (Å²) in [6.45, 7) is 0.732. The number of nitrogens with two attached hydrogens (primary N) is 2. The molecule has 1 aromatic carbocycles. The molecule has 82 valence electrons. The number of nitrogens with zero attached hydrogens (tertiary/aromatic N) is 3. The minimum absolute atomic E-state index is 0.201. The second kappa shape index (κ2) is 3.13. The third-order valence-corrected chi connectivity index (χ3v) is 2.67. The van der Waals surface area contributed by atoms with Crippen LogP contribution in [0, 0.1) is 0 Å². The third-order valence-electron chi connectivity index (χ3n) is 2.67. The van der Waals surface area contributed by atoms with Gasteiger partial charge in [-0.3, -0.25) is 0 Å². The van der Waals surface area contributed by atoms with Crippen LogP contribution in [0.2, 0.25) is 0 Å². The largest absolute Gasteiger partial charge is 0.493 e. The third kappa shape index (κ3) is 1.19. The van der Waals surface area contributed by atoms with Crippen molar-refractivity contribution in [3.63, 3.8) is 0 Å². The van der Waals surface area contributed by atoms with Gasteiger partial charge in [-0.25, -0.2) is 4.68 Å². The lowest BCUT2D eigenvalue weighted by Crippen LogP contribution is -2.13. The van der Waals surface area contributed by atoms with Crippen LogP contribution in [-0.2, 0) is 6.42 Å². The van der Waals surface area contributed by atoms with Crippen LogP contribution in [0.4, 0.5) is 5.95 Å². The van der Waals surface area contributed by atoms with Crippen LogP contribution in [0.25, 0.3) is 11.4 Å². The zero-order valence-electron chi connectivity index (χ0n) is 8.55. The van der Waals surface area contributed by atoms with E-state index in [9.17, 15) is 0 Å². The van der Waals surface area contributed by atoms with Gasteiger partial charge in [0, 0.05) is 12.0 Å². The Hall–Kier alpha value is -2.24. The molecule has 0 saturated heterocycles. The van der Waals surface area contributed by atoms with E-state index in [1.54, 1.807) is 0 Å². The van der Waals surface area contributed by atoms with Gasteiger partial charge in [0.15, 0.2) is 5.82 Å². The van der Waals surface area contributed by atoms with Crippen LogP contribution in [0.1, 0.15) is 5.56 Å². The predicted octanol–water partition coefficient (Wildman–Crippen LogP) is 0.176. The molecule has 0 spiro atoms. The SMILES string of the molecule is Nc1nnc(-c2ccc3c(c2)CCO3)n1N. The molecule has 0 radical (unpaired) electrons. The van der Waals surface area contributed by atoms with Crippen molar-refractivity contribution in [3.8, 4) is 17.1 Å². The lowest BCUT2D eigenvalue weighted by molar-refractivity contribution is 0.357. The fourth-order valence-corrected chi connectivity index (χ4v) is 1.83. The van der Waals surface area contributed by atoms with Crippen LogP contribution in [0.3, 0.4) is 0 Å². The number of ether oxygens (including phenoxy) is 1. The Morgan fingerprint density at radius 1 is 1.31 bits per heavy atom. The molecule has 0 saturated carbocycles. The highest BCUT2D eigenvalue weighted by Gasteiger charge is 2.15. The molecular weight excluding hydrogens is 206 g/mol. The standard InChI is InChI=1S/C10H11N5O/c11-10-14-13-9(15(10)12)7-1-2-8-6(5-7)3-4-16-8/h1-2,5H,3-4,12H2,(H2,11,14). The van der Waals surface area contributed by atoms with E-state index < -0.39 is 0 Å². The van der Waals surface area contributed by atoms with Crippen molar-refractivity contribution in [2.45, 2.75) is 6.42 Å². The fraction of sp³-hybridized carbons (Fsp3) is 0.200. The highest BCUT2D eigenvalue weighted by Crippen LogP contribution is 2.29. The number of fused-ring (bicyclic) bond motifs is 1. The first-order valence-electron chi connectivity index (χ1n) is 4.98. The molecule has 1 aliphatic rings. The topological polar surface area (TPSA) is 92.0 Å². The minimum Gasteiger partial charge on any atom is -0.493 e. The highest BCUT2D eigenvalue weighted by atomic mass is 16.5. The van der Waals surface area contributed by atoms with Gasteiger partial charge in [-0.1, -0.05) is 0 Å². The van der Waals surface area contributed by atoms with Gasteiger partial charge >= 0.3 is 0 Å². The van der Waals surface area contributed by atoms with Gasteiger partial charge in [0.25, 0.3) is 0 Å². The maximum absolute atomic E-state index is 5.72. The van der Waals surface area contributed by atoms with Crippen LogP contribution >= 0.6 is 0 Å². The van der Waals surface area contributed by atoms with Gasteiger partial charge in [-0.05, 0) is 23.8 Å². The van der Waals surface area contributed by atoms with Crippen molar-refractivity contribution < 1.29 is 4.74 Å². The van der Waals surface area contributed by atoms with Crippen molar-refractivity contribution in [2.75, 3.05) is 18.2 Å². The van der Waals surface area contributed by atoms with Gasteiger partial charge < -0.3 is 16.3 Å². The first-order chi connectivity index (χ1) is 7.75. The molecule has 0 fully saturated rings. The predicted molar refractivity (Wildman–Crippen MR) is 59.2 cm³/mol. The van der Waals surface area contributed by atoms with Crippen molar-refractivity contribution >= 4 is 5.95 Å². The van der Waals surface area contributed by atoms with Crippen molar-refractivity contribution in [2.24, 2.45) is 0 Å². The molecule has 1 aromatic heterocycles. The number of aromatic nitrogens is 3. The molecule has 0 unspecified atom stereocenters. The zero-order valence-corrected chi connectivity index (χ0v) is 8.55. The second-order valence-corrected chi connectivity index (χ2v) is 3.67. The lowest BCUT2D eigenvalue weighted by Gasteiger charge is -2.03. The van der Waals surface area contributed by atoms with Crippen LogP contribution < -0.4 is 16.3 Å². The Morgan fingerprint density at radius 3 is 2.94 bits per heavy atom. The molecule has 0 bridgehead atoms. The zero-order chi connectivity index (χ0) is 11.1. The number of hydrogen-bond donors (Lipinski definition) is 2. The summed E-state index contributed by atoms with van der Waals surface area (Å²) in [5, 5.41) is 7.65. The summed E-state index contributed by atoms with van der Waals surface area (Å²) in [4.78, 5) is 0. The average Bonchev–Trinajstić information content (AvgIpc) is 2.86. The molecule has 2 heterocycles. The van der Waals surface area contributed by atoms with Gasteiger partial charge in [0.2, 0.25) is 5.95 Å². The summed E-state index contributed by atoms with van der Waals surface area (Å²) < 4.78 is 6.70. The number of benzene rings is 1. The van der Waals surface area contributed by atoms with Gasteiger partial charge in [-0.2, -0.15) is 0 Å². The normalized spacial score (nSPS) is 13.5. The summed E-state index contributed by atoms with van der Waals surface area (Å²) in [5.41, 5.74) is 7.60. The molecule has 16 heavy (non-hydrogen) atoms. The average molecular weight is 217 g/mol. The molecule has 1 aliphatic heterocycles. The van der Waals surface area contributed by atoms with E-state index in [1.807, 2.05) is 18.2 Å². The molecule has 0 atom stereocenters. The fourth-order valence-electron chi connectivity index (χ4n) is 1.83. The Balaban J connectivity index is 2.10. The smallest absolute Gasteiger partial charge is 0.241 e. The van der Waals surface area contributed by atoms with E-state index in [0.717, 1.165) is 24.3 Å². The number of anilines is 1. The maximum Gasteiger partial charge on any atom is 0.241 e. The lowest BCUT2D eigenvalue weighted by atomic mass is 10.1. The quantitative estimate of drug-likeness (QED) is 0.664.